The zero-order valence-electron chi connectivity index (χ0n) is 17.2. The lowest BCUT2D eigenvalue weighted by Gasteiger charge is -2.23. The Morgan fingerprint density at radius 3 is 2.74 bits per heavy atom. The number of nitrogens with two attached hydrogens (primary N) is 1. The molecule has 160 valence electrons. The molecule has 0 spiro atoms. The first-order valence-corrected chi connectivity index (χ1v) is 12.1. The number of hydrogen-bond donors (Lipinski definition) is 2. The SMILES string of the molecule is C=NC(CO)=N/C=C(\C)c1cc(-c2ccccc2)c2c(N)c(S(=O)C3CCC3)sc2n1. The number of benzene rings is 1. The number of allylic oxidation sites excluding steroid dienone is 1. The van der Waals surface area contributed by atoms with Crippen LogP contribution < -0.4 is 5.73 Å². The number of fused-ring (bicyclic) bond motifs is 1. The number of rotatable bonds is 6. The zero-order valence-corrected chi connectivity index (χ0v) is 18.9. The standard InChI is InChI=1S/C23H24N4O2S2/c1-14(12-26-19(13-28)25-2)18-11-17(15-7-4-3-5-8-15)20-21(24)23(30-22(20)27-18)31(29)16-9-6-10-16/h3-5,7-8,11-12,16,28H,2,6,9-10,13,24H2,1H3/b14-12+,26-19?. The highest BCUT2D eigenvalue weighted by Gasteiger charge is 2.29. The van der Waals surface area contributed by atoms with Crippen molar-refractivity contribution in [2.45, 2.75) is 35.6 Å². The number of aliphatic hydroxyl groups excluding tert-OH is 1. The molecule has 8 heteroatoms. The average molecular weight is 453 g/mol. The van der Waals surface area contributed by atoms with Crippen LogP contribution in [0.4, 0.5) is 5.69 Å². The van der Waals surface area contributed by atoms with Gasteiger partial charge in [-0.15, -0.1) is 11.3 Å². The van der Waals surface area contributed by atoms with Gasteiger partial charge in [0.2, 0.25) is 0 Å². The third-order valence-corrected chi connectivity index (χ3v) is 8.72. The van der Waals surface area contributed by atoms with Crippen LogP contribution in [0.25, 0.3) is 26.9 Å². The van der Waals surface area contributed by atoms with Crippen LogP contribution in [-0.4, -0.2) is 38.7 Å². The van der Waals surface area contributed by atoms with E-state index in [2.05, 4.69) is 16.7 Å². The van der Waals surface area contributed by atoms with Crippen LogP contribution in [-0.2, 0) is 10.8 Å². The molecule has 1 aliphatic rings. The molecule has 0 bridgehead atoms. The van der Waals surface area contributed by atoms with E-state index in [1.165, 1.54) is 11.3 Å². The van der Waals surface area contributed by atoms with Crippen molar-refractivity contribution in [1.82, 2.24) is 4.98 Å². The number of aliphatic imine (C=N–C) groups is 2. The number of pyridine rings is 1. The van der Waals surface area contributed by atoms with Gasteiger partial charge in [-0.05, 0) is 49.2 Å². The normalized spacial score (nSPS) is 16.3. The smallest absolute Gasteiger partial charge is 0.152 e. The number of aliphatic hydroxyl groups is 1. The van der Waals surface area contributed by atoms with Crippen molar-refractivity contribution in [3.63, 3.8) is 0 Å². The van der Waals surface area contributed by atoms with E-state index in [0.29, 0.717) is 5.69 Å². The Labute approximate surface area is 187 Å². The summed E-state index contributed by atoms with van der Waals surface area (Å²) in [5.74, 6) is 0.238. The molecule has 3 N–H and O–H groups in total. The lowest BCUT2D eigenvalue weighted by molar-refractivity contribution is 0.356. The third-order valence-electron chi connectivity index (χ3n) is 5.42. The topological polar surface area (TPSA) is 101 Å². The first kappa shape index (κ1) is 21.5. The van der Waals surface area contributed by atoms with Crippen LogP contribution in [0.15, 0.2) is 56.8 Å². The fraction of sp³-hybridized carbons (Fsp3) is 0.261. The first-order chi connectivity index (χ1) is 15.0. The molecular formula is C23H24N4O2S2. The van der Waals surface area contributed by atoms with E-state index < -0.39 is 10.8 Å². The van der Waals surface area contributed by atoms with Crippen molar-refractivity contribution in [2.24, 2.45) is 9.98 Å². The molecule has 0 aliphatic heterocycles. The minimum atomic E-state index is -1.11. The van der Waals surface area contributed by atoms with Crippen molar-refractivity contribution < 1.29 is 9.32 Å². The predicted molar refractivity (Wildman–Crippen MR) is 131 cm³/mol. The van der Waals surface area contributed by atoms with Gasteiger partial charge in [0.25, 0.3) is 0 Å². The van der Waals surface area contributed by atoms with Crippen molar-refractivity contribution in [2.75, 3.05) is 12.3 Å². The molecule has 1 unspecified atom stereocenters. The van der Waals surface area contributed by atoms with E-state index in [1.54, 1.807) is 6.20 Å². The van der Waals surface area contributed by atoms with Gasteiger partial charge in [0.1, 0.15) is 15.6 Å². The molecule has 0 amide bonds. The fourth-order valence-electron chi connectivity index (χ4n) is 3.40. The number of aromatic nitrogens is 1. The number of amidine groups is 1. The number of hydrogen-bond acceptors (Lipinski definition) is 6. The summed E-state index contributed by atoms with van der Waals surface area (Å²) in [7, 11) is -1.11. The van der Waals surface area contributed by atoms with Gasteiger partial charge >= 0.3 is 0 Å². The van der Waals surface area contributed by atoms with Crippen LogP contribution >= 0.6 is 11.3 Å². The van der Waals surface area contributed by atoms with Crippen molar-refractivity contribution in [1.29, 1.82) is 0 Å². The summed E-state index contributed by atoms with van der Waals surface area (Å²) < 4.78 is 13.8. The second-order valence-electron chi connectivity index (χ2n) is 7.43. The second-order valence-corrected chi connectivity index (χ2v) is 10.4. The van der Waals surface area contributed by atoms with Gasteiger partial charge < -0.3 is 10.8 Å². The molecule has 3 aromatic rings. The Morgan fingerprint density at radius 1 is 1.39 bits per heavy atom. The van der Waals surface area contributed by atoms with Crippen LogP contribution in [0.2, 0.25) is 0 Å². The largest absolute Gasteiger partial charge is 0.396 e. The second kappa shape index (κ2) is 9.21. The summed E-state index contributed by atoms with van der Waals surface area (Å²) in [6, 6.07) is 12.0. The summed E-state index contributed by atoms with van der Waals surface area (Å²) in [5.41, 5.74) is 10.6. The predicted octanol–water partition coefficient (Wildman–Crippen LogP) is 4.66. The Morgan fingerprint density at radius 2 is 2.13 bits per heavy atom. The molecule has 31 heavy (non-hydrogen) atoms. The molecule has 2 aromatic heterocycles. The van der Waals surface area contributed by atoms with E-state index >= 15 is 0 Å². The highest BCUT2D eigenvalue weighted by Crippen LogP contribution is 2.44. The minimum absolute atomic E-state index is 0.189. The van der Waals surface area contributed by atoms with Gasteiger partial charge in [-0.2, -0.15) is 0 Å². The minimum Gasteiger partial charge on any atom is -0.396 e. The molecule has 6 nitrogen and oxygen atoms in total. The van der Waals surface area contributed by atoms with Gasteiger partial charge in [0.15, 0.2) is 5.84 Å². The molecular weight excluding hydrogens is 428 g/mol. The number of nitrogen functional groups attached to an aromatic ring is 1. The number of anilines is 1. The molecule has 1 saturated carbocycles. The van der Waals surface area contributed by atoms with Crippen LogP contribution in [0.3, 0.4) is 0 Å². The lowest BCUT2D eigenvalue weighted by Crippen LogP contribution is -2.23. The van der Waals surface area contributed by atoms with Gasteiger partial charge in [0.05, 0.1) is 22.2 Å². The van der Waals surface area contributed by atoms with Gasteiger partial charge in [0, 0.05) is 16.8 Å². The quantitative estimate of drug-likeness (QED) is 0.420. The molecule has 1 aromatic carbocycles. The monoisotopic (exact) mass is 452 g/mol. The molecule has 1 atom stereocenters. The van der Waals surface area contributed by atoms with Crippen molar-refractivity contribution in [3.05, 3.63) is 48.3 Å². The van der Waals surface area contributed by atoms with Crippen LogP contribution in [0.5, 0.6) is 0 Å². The third kappa shape index (κ3) is 4.23. The maximum Gasteiger partial charge on any atom is 0.152 e. The van der Waals surface area contributed by atoms with E-state index in [-0.39, 0.29) is 17.7 Å². The number of nitrogens with zero attached hydrogens (tertiary/aromatic N) is 3. The summed E-state index contributed by atoms with van der Waals surface area (Å²) in [5, 5.41) is 10.3. The van der Waals surface area contributed by atoms with Crippen molar-refractivity contribution in [3.8, 4) is 11.1 Å². The highest BCUT2D eigenvalue weighted by molar-refractivity contribution is 7.88. The summed E-state index contributed by atoms with van der Waals surface area (Å²) in [6.07, 6.45) is 4.70. The maximum absolute atomic E-state index is 13.1. The lowest BCUT2D eigenvalue weighted by atomic mass is 10.00. The molecule has 2 heterocycles. The summed E-state index contributed by atoms with van der Waals surface area (Å²) in [6.45, 7) is 5.02. The molecule has 1 aliphatic carbocycles. The Balaban J connectivity index is 1.89. The zero-order chi connectivity index (χ0) is 22.0. The number of thiophene rings is 1. The Hall–Kier alpha value is -2.68. The highest BCUT2D eigenvalue weighted by atomic mass is 32.2. The van der Waals surface area contributed by atoms with Crippen LogP contribution in [0, 0.1) is 0 Å². The maximum atomic E-state index is 13.1. The van der Waals surface area contributed by atoms with Gasteiger partial charge in [-0.25, -0.2) is 15.0 Å². The van der Waals surface area contributed by atoms with E-state index in [9.17, 15) is 9.32 Å². The van der Waals surface area contributed by atoms with Crippen molar-refractivity contribution >= 4 is 56.2 Å². The molecule has 1 fully saturated rings. The van der Waals surface area contributed by atoms with E-state index in [1.807, 2.05) is 43.3 Å². The Kier molecular flexibility index (Phi) is 6.41. The van der Waals surface area contributed by atoms with E-state index in [4.69, 9.17) is 10.7 Å². The summed E-state index contributed by atoms with van der Waals surface area (Å²) in [4.78, 5) is 13.4. The summed E-state index contributed by atoms with van der Waals surface area (Å²) >= 11 is 1.42. The van der Waals surface area contributed by atoms with Gasteiger partial charge in [-0.1, -0.05) is 36.8 Å². The first-order valence-electron chi connectivity index (χ1n) is 10.0. The molecule has 0 saturated heterocycles. The Bertz CT molecular complexity index is 1210. The molecule has 0 radical (unpaired) electrons. The van der Waals surface area contributed by atoms with Gasteiger partial charge in [-0.3, -0.25) is 4.21 Å². The van der Waals surface area contributed by atoms with E-state index in [0.717, 1.165) is 56.1 Å². The average Bonchev–Trinajstić information content (AvgIpc) is 3.09. The van der Waals surface area contributed by atoms with Crippen LogP contribution in [0.1, 0.15) is 31.9 Å². The fourth-order valence-corrected chi connectivity index (χ4v) is 6.61. The molecule has 4 rings (SSSR count).